The lowest BCUT2D eigenvalue weighted by Crippen LogP contribution is -2.29. The summed E-state index contributed by atoms with van der Waals surface area (Å²) in [4.78, 5) is 9.24. The smallest absolute Gasteiger partial charge is 0.130 e. The lowest BCUT2D eigenvalue weighted by Gasteiger charge is -2.22. The Morgan fingerprint density at radius 2 is 2.12 bits per heavy atom. The molecule has 4 rings (SSSR count). The molecule has 1 saturated heterocycles. The zero-order valence-corrected chi connectivity index (χ0v) is 15.7. The molecule has 6 nitrogen and oxygen atoms in total. The highest BCUT2D eigenvalue weighted by molar-refractivity contribution is 5.82. The highest BCUT2D eigenvalue weighted by atomic mass is 15.3. The van der Waals surface area contributed by atoms with Gasteiger partial charge in [-0.2, -0.15) is 5.10 Å². The molecule has 0 spiro atoms. The molecule has 26 heavy (non-hydrogen) atoms. The molecule has 0 unspecified atom stereocenters. The molecule has 3 heterocycles. The Balaban J connectivity index is 1.56. The molecule has 0 aliphatic carbocycles. The fourth-order valence-corrected chi connectivity index (χ4v) is 3.75. The Kier molecular flexibility index (Phi) is 4.59. The first-order valence-corrected chi connectivity index (χ1v) is 9.32. The minimum atomic E-state index is 0.476. The quantitative estimate of drug-likeness (QED) is 0.757. The molecule has 0 saturated carbocycles. The normalized spacial score (nSPS) is 17.6. The van der Waals surface area contributed by atoms with Crippen molar-refractivity contribution in [3.8, 4) is 0 Å². The molecular formula is C20H26N6. The molecule has 1 aliphatic heterocycles. The number of aromatic nitrogens is 4. The van der Waals surface area contributed by atoms with E-state index in [9.17, 15) is 0 Å². The maximum atomic E-state index is 4.68. The topological polar surface area (TPSA) is 67.7 Å². The van der Waals surface area contributed by atoms with Crippen molar-refractivity contribution in [3.63, 3.8) is 0 Å². The molecule has 2 N–H and O–H groups in total. The van der Waals surface area contributed by atoms with Gasteiger partial charge in [0.1, 0.15) is 11.6 Å². The summed E-state index contributed by atoms with van der Waals surface area (Å²) in [6, 6.07) is 8.55. The second kappa shape index (κ2) is 7.03. The van der Waals surface area contributed by atoms with Gasteiger partial charge in [-0.3, -0.25) is 4.68 Å². The van der Waals surface area contributed by atoms with Gasteiger partial charge in [-0.15, -0.1) is 0 Å². The second-order valence-corrected chi connectivity index (χ2v) is 7.21. The summed E-state index contributed by atoms with van der Waals surface area (Å²) in [7, 11) is 1.99. The predicted octanol–water partition coefficient (Wildman–Crippen LogP) is 3.06. The van der Waals surface area contributed by atoms with E-state index < -0.39 is 0 Å². The van der Waals surface area contributed by atoms with Gasteiger partial charge in [0.25, 0.3) is 0 Å². The molecule has 6 heteroatoms. The Bertz CT molecular complexity index is 923. The summed E-state index contributed by atoms with van der Waals surface area (Å²) >= 11 is 0. The molecule has 1 atom stereocenters. The minimum absolute atomic E-state index is 0.476. The van der Waals surface area contributed by atoms with Crippen molar-refractivity contribution in [2.45, 2.75) is 39.2 Å². The maximum absolute atomic E-state index is 4.68. The molecule has 3 aromatic rings. The van der Waals surface area contributed by atoms with Gasteiger partial charge in [-0.05, 0) is 45.4 Å². The van der Waals surface area contributed by atoms with Crippen LogP contribution in [0.5, 0.6) is 0 Å². The number of rotatable bonds is 4. The van der Waals surface area contributed by atoms with Crippen LogP contribution < -0.4 is 10.6 Å². The summed E-state index contributed by atoms with van der Waals surface area (Å²) in [6.07, 6.45) is 2.39. The Morgan fingerprint density at radius 1 is 1.23 bits per heavy atom. The van der Waals surface area contributed by atoms with E-state index in [2.05, 4.69) is 56.9 Å². The van der Waals surface area contributed by atoms with E-state index in [0.29, 0.717) is 12.5 Å². The SMILES string of the molecule is Cc1ccc2c(c1)c(CNc1cc([C@@H]3CCCNC3)nc(C)n1)nn2C. The van der Waals surface area contributed by atoms with E-state index >= 15 is 0 Å². The Hall–Kier alpha value is -2.47. The lowest BCUT2D eigenvalue weighted by molar-refractivity contribution is 0.453. The van der Waals surface area contributed by atoms with Crippen molar-refractivity contribution in [3.05, 3.63) is 47.0 Å². The fraction of sp³-hybridized carbons (Fsp3) is 0.450. The van der Waals surface area contributed by atoms with E-state index in [1.807, 2.05) is 18.7 Å². The van der Waals surface area contributed by atoms with Crippen LogP contribution in [-0.2, 0) is 13.6 Å². The number of nitrogens with zero attached hydrogens (tertiary/aromatic N) is 4. The molecule has 1 aromatic carbocycles. The van der Waals surface area contributed by atoms with Crippen molar-refractivity contribution < 1.29 is 0 Å². The van der Waals surface area contributed by atoms with Gasteiger partial charge < -0.3 is 10.6 Å². The lowest BCUT2D eigenvalue weighted by atomic mass is 9.96. The van der Waals surface area contributed by atoms with Crippen molar-refractivity contribution >= 4 is 16.7 Å². The number of benzene rings is 1. The van der Waals surface area contributed by atoms with E-state index in [0.717, 1.165) is 41.6 Å². The third-order valence-corrected chi connectivity index (χ3v) is 5.09. The molecule has 1 fully saturated rings. The van der Waals surface area contributed by atoms with Gasteiger partial charge in [-0.25, -0.2) is 9.97 Å². The first kappa shape index (κ1) is 17.0. The standard InChI is InChI=1S/C20H26N6/c1-13-6-7-19-16(9-13)18(25-26(19)3)12-22-20-10-17(23-14(2)24-20)15-5-4-8-21-11-15/h6-7,9-10,15,21H,4-5,8,11-12H2,1-3H3,(H,22,23,24)/t15-/m1/s1. The summed E-state index contributed by atoms with van der Waals surface area (Å²) < 4.78 is 1.94. The van der Waals surface area contributed by atoms with Crippen molar-refractivity contribution in [1.82, 2.24) is 25.1 Å². The third kappa shape index (κ3) is 3.42. The number of hydrogen-bond donors (Lipinski definition) is 2. The van der Waals surface area contributed by atoms with Crippen LogP contribution in [0.25, 0.3) is 10.9 Å². The fourth-order valence-electron chi connectivity index (χ4n) is 3.75. The summed E-state index contributed by atoms with van der Waals surface area (Å²) in [5.74, 6) is 2.17. The zero-order valence-electron chi connectivity index (χ0n) is 15.7. The van der Waals surface area contributed by atoms with Crippen molar-refractivity contribution in [2.24, 2.45) is 7.05 Å². The van der Waals surface area contributed by atoms with Gasteiger partial charge in [-0.1, -0.05) is 11.6 Å². The van der Waals surface area contributed by atoms with Crippen LogP contribution >= 0.6 is 0 Å². The van der Waals surface area contributed by atoms with E-state index in [1.165, 1.54) is 23.8 Å². The molecule has 2 aromatic heterocycles. The van der Waals surface area contributed by atoms with Gasteiger partial charge in [0.05, 0.1) is 23.4 Å². The van der Waals surface area contributed by atoms with Crippen molar-refractivity contribution in [1.29, 1.82) is 0 Å². The van der Waals surface area contributed by atoms with Gasteiger partial charge in [0.2, 0.25) is 0 Å². The highest BCUT2D eigenvalue weighted by Crippen LogP contribution is 2.24. The molecule has 0 radical (unpaired) electrons. The number of piperidine rings is 1. The average molecular weight is 350 g/mol. The number of fused-ring (bicyclic) bond motifs is 1. The van der Waals surface area contributed by atoms with Gasteiger partial charge in [0.15, 0.2) is 0 Å². The summed E-state index contributed by atoms with van der Waals surface area (Å²) in [5.41, 5.74) is 4.58. The summed E-state index contributed by atoms with van der Waals surface area (Å²) in [6.45, 7) is 6.84. The van der Waals surface area contributed by atoms with E-state index in [4.69, 9.17) is 0 Å². The molecular weight excluding hydrogens is 324 g/mol. The minimum Gasteiger partial charge on any atom is -0.364 e. The Morgan fingerprint density at radius 3 is 2.92 bits per heavy atom. The maximum Gasteiger partial charge on any atom is 0.130 e. The van der Waals surface area contributed by atoms with Crippen LogP contribution in [0.1, 0.15) is 41.5 Å². The largest absolute Gasteiger partial charge is 0.364 e. The van der Waals surface area contributed by atoms with Crippen LogP contribution in [0, 0.1) is 13.8 Å². The number of anilines is 1. The monoisotopic (exact) mass is 350 g/mol. The van der Waals surface area contributed by atoms with Gasteiger partial charge in [0, 0.05) is 31.0 Å². The number of nitrogens with one attached hydrogen (secondary N) is 2. The van der Waals surface area contributed by atoms with Gasteiger partial charge >= 0.3 is 0 Å². The summed E-state index contributed by atoms with van der Waals surface area (Å²) in [5, 5.41) is 12.8. The second-order valence-electron chi connectivity index (χ2n) is 7.21. The molecule has 1 aliphatic rings. The van der Waals surface area contributed by atoms with E-state index in [1.54, 1.807) is 0 Å². The first-order valence-electron chi connectivity index (χ1n) is 9.32. The number of aryl methyl sites for hydroxylation is 3. The molecule has 136 valence electrons. The van der Waals surface area contributed by atoms with Crippen molar-refractivity contribution in [2.75, 3.05) is 18.4 Å². The van der Waals surface area contributed by atoms with Crippen LogP contribution in [0.3, 0.4) is 0 Å². The van der Waals surface area contributed by atoms with Crippen LogP contribution in [-0.4, -0.2) is 32.8 Å². The van der Waals surface area contributed by atoms with Crippen LogP contribution in [0.2, 0.25) is 0 Å². The first-order chi connectivity index (χ1) is 12.6. The third-order valence-electron chi connectivity index (χ3n) is 5.09. The van der Waals surface area contributed by atoms with Crippen LogP contribution in [0.15, 0.2) is 24.3 Å². The average Bonchev–Trinajstić information content (AvgIpc) is 2.95. The number of hydrogen-bond acceptors (Lipinski definition) is 5. The molecule has 0 bridgehead atoms. The zero-order chi connectivity index (χ0) is 18.1. The predicted molar refractivity (Wildman–Crippen MR) is 104 cm³/mol. The van der Waals surface area contributed by atoms with Crippen LogP contribution in [0.4, 0.5) is 5.82 Å². The highest BCUT2D eigenvalue weighted by Gasteiger charge is 2.18. The Labute approximate surface area is 154 Å². The molecule has 0 amide bonds. The van der Waals surface area contributed by atoms with E-state index in [-0.39, 0.29) is 0 Å².